The molecule has 0 fully saturated rings. The third-order valence-corrected chi connectivity index (χ3v) is 3.51. The summed E-state index contributed by atoms with van der Waals surface area (Å²) in [6, 6.07) is 6.87. The fourth-order valence-corrected chi connectivity index (χ4v) is 2.33. The SMILES string of the molecule is COC(=O)[C@@H](NC(=O)[C@@H]1Cc2ccccc2N1)C(C)C. The number of nitrogens with one attached hydrogen (secondary N) is 2. The van der Waals surface area contributed by atoms with Gasteiger partial charge in [0.1, 0.15) is 12.1 Å². The van der Waals surface area contributed by atoms with Gasteiger partial charge < -0.3 is 15.4 Å². The molecule has 0 radical (unpaired) electrons. The lowest BCUT2D eigenvalue weighted by Gasteiger charge is -2.22. The molecule has 20 heavy (non-hydrogen) atoms. The van der Waals surface area contributed by atoms with Crippen LogP contribution in [0.3, 0.4) is 0 Å². The molecule has 1 aromatic rings. The van der Waals surface area contributed by atoms with Gasteiger partial charge in [-0.3, -0.25) is 4.79 Å². The van der Waals surface area contributed by atoms with Crippen LogP contribution in [0, 0.1) is 5.92 Å². The lowest BCUT2D eigenvalue weighted by Crippen LogP contribution is -2.50. The van der Waals surface area contributed by atoms with Crippen LogP contribution in [0.2, 0.25) is 0 Å². The molecule has 5 nitrogen and oxygen atoms in total. The average Bonchev–Trinajstić information content (AvgIpc) is 2.87. The summed E-state index contributed by atoms with van der Waals surface area (Å²) in [7, 11) is 1.33. The quantitative estimate of drug-likeness (QED) is 0.814. The van der Waals surface area contributed by atoms with Crippen molar-refractivity contribution in [3.63, 3.8) is 0 Å². The van der Waals surface area contributed by atoms with Crippen LogP contribution in [0.1, 0.15) is 19.4 Å². The van der Waals surface area contributed by atoms with Gasteiger partial charge in [-0.1, -0.05) is 32.0 Å². The predicted molar refractivity (Wildman–Crippen MR) is 76.3 cm³/mol. The largest absolute Gasteiger partial charge is 0.467 e. The maximum absolute atomic E-state index is 12.3. The minimum Gasteiger partial charge on any atom is -0.467 e. The summed E-state index contributed by atoms with van der Waals surface area (Å²) < 4.78 is 4.72. The van der Waals surface area contributed by atoms with Crippen molar-refractivity contribution in [2.24, 2.45) is 5.92 Å². The van der Waals surface area contributed by atoms with Crippen LogP contribution in [0.5, 0.6) is 0 Å². The molecule has 1 aromatic carbocycles. The van der Waals surface area contributed by atoms with Crippen LogP contribution in [0.15, 0.2) is 24.3 Å². The van der Waals surface area contributed by atoms with Crippen molar-refractivity contribution in [1.29, 1.82) is 0 Å². The second-order valence-corrected chi connectivity index (χ2v) is 5.31. The molecular formula is C15H20N2O3. The fraction of sp³-hybridized carbons (Fsp3) is 0.467. The molecular weight excluding hydrogens is 256 g/mol. The van der Waals surface area contributed by atoms with Crippen LogP contribution in [-0.2, 0) is 20.7 Å². The maximum Gasteiger partial charge on any atom is 0.328 e. The molecule has 2 rings (SSSR count). The Morgan fingerprint density at radius 1 is 1.35 bits per heavy atom. The number of para-hydroxylation sites is 1. The Morgan fingerprint density at radius 2 is 2.05 bits per heavy atom. The summed E-state index contributed by atoms with van der Waals surface area (Å²) in [5.41, 5.74) is 2.10. The summed E-state index contributed by atoms with van der Waals surface area (Å²) in [4.78, 5) is 23.9. The van der Waals surface area contributed by atoms with Crippen LogP contribution in [0.25, 0.3) is 0 Å². The number of hydrogen-bond acceptors (Lipinski definition) is 4. The average molecular weight is 276 g/mol. The Balaban J connectivity index is 2.01. The van der Waals surface area contributed by atoms with Crippen LogP contribution < -0.4 is 10.6 Å². The third kappa shape index (κ3) is 2.92. The van der Waals surface area contributed by atoms with Gasteiger partial charge in [0.05, 0.1) is 7.11 Å². The summed E-state index contributed by atoms with van der Waals surface area (Å²) in [5.74, 6) is -0.607. The number of esters is 1. The van der Waals surface area contributed by atoms with Gasteiger partial charge in [0.25, 0.3) is 0 Å². The number of fused-ring (bicyclic) bond motifs is 1. The molecule has 108 valence electrons. The number of hydrogen-bond donors (Lipinski definition) is 2. The summed E-state index contributed by atoms with van der Waals surface area (Å²) in [6.45, 7) is 3.75. The molecule has 1 heterocycles. The van der Waals surface area contributed by atoms with E-state index in [9.17, 15) is 9.59 Å². The van der Waals surface area contributed by atoms with E-state index >= 15 is 0 Å². The molecule has 1 aliphatic heterocycles. The van der Waals surface area contributed by atoms with E-state index in [1.807, 2.05) is 38.1 Å². The molecule has 0 bridgehead atoms. The Morgan fingerprint density at radius 3 is 2.65 bits per heavy atom. The zero-order valence-electron chi connectivity index (χ0n) is 12.0. The van der Waals surface area contributed by atoms with E-state index in [4.69, 9.17) is 4.74 Å². The van der Waals surface area contributed by atoms with Gasteiger partial charge in [0.15, 0.2) is 0 Å². The Labute approximate surface area is 118 Å². The monoisotopic (exact) mass is 276 g/mol. The second-order valence-electron chi connectivity index (χ2n) is 5.31. The van der Waals surface area contributed by atoms with Crippen LogP contribution in [0.4, 0.5) is 5.69 Å². The molecule has 0 spiro atoms. The number of methoxy groups -OCH3 is 1. The molecule has 1 aliphatic rings. The number of carbonyl (C=O) groups is 2. The van der Waals surface area contributed by atoms with E-state index < -0.39 is 12.0 Å². The highest BCUT2D eigenvalue weighted by Crippen LogP contribution is 2.25. The van der Waals surface area contributed by atoms with E-state index in [0.717, 1.165) is 11.3 Å². The van der Waals surface area contributed by atoms with Gasteiger partial charge in [-0.2, -0.15) is 0 Å². The first-order valence-corrected chi connectivity index (χ1v) is 6.75. The van der Waals surface area contributed by atoms with Crippen molar-refractivity contribution in [1.82, 2.24) is 5.32 Å². The van der Waals surface area contributed by atoms with Gasteiger partial charge in [-0.05, 0) is 17.5 Å². The van der Waals surface area contributed by atoms with Gasteiger partial charge >= 0.3 is 5.97 Å². The lowest BCUT2D eigenvalue weighted by atomic mass is 10.0. The van der Waals surface area contributed by atoms with Crippen molar-refractivity contribution in [3.8, 4) is 0 Å². The highest BCUT2D eigenvalue weighted by molar-refractivity contribution is 5.91. The maximum atomic E-state index is 12.3. The first kappa shape index (κ1) is 14.4. The van der Waals surface area contributed by atoms with E-state index in [1.54, 1.807) is 0 Å². The van der Waals surface area contributed by atoms with Crippen LogP contribution in [-0.4, -0.2) is 31.1 Å². The molecule has 0 saturated carbocycles. The number of benzene rings is 1. The Hall–Kier alpha value is -2.04. The van der Waals surface area contributed by atoms with Gasteiger partial charge in [0, 0.05) is 12.1 Å². The number of ether oxygens (including phenoxy) is 1. The van der Waals surface area contributed by atoms with Crippen molar-refractivity contribution in [2.45, 2.75) is 32.4 Å². The summed E-state index contributed by atoms with van der Waals surface area (Å²) >= 11 is 0. The normalized spacial score (nSPS) is 18.1. The molecule has 0 saturated heterocycles. The van der Waals surface area contributed by atoms with Gasteiger partial charge in [-0.25, -0.2) is 4.79 Å². The van der Waals surface area contributed by atoms with Gasteiger partial charge in [0.2, 0.25) is 5.91 Å². The zero-order chi connectivity index (χ0) is 14.7. The second kappa shape index (κ2) is 5.94. The Kier molecular flexibility index (Phi) is 4.27. The summed E-state index contributed by atoms with van der Waals surface area (Å²) in [5, 5.41) is 5.94. The minimum absolute atomic E-state index is 0.0184. The van der Waals surface area contributed by atoms with Gasteiger partial charge in [-0.15, -0.1) is 0 Å². The Bertz CT molecular complexity index is 489. The fourth-order valence-electron chi connectivity index (χ4n) is 2.33. The first-order valence-electron chi connectivity index (χ1n) is 6.75. The number of anilines is 1. The highest BCUT2D eigenvalue weighted by Gasteiger charge is 2.31. The molecule has 1 amide bonds. The predicted octanol–water partition coefficient (Wildman–Crippen LogP) is 1.34. The number of carbonyl (C=O) groups excluding carboxylic acids is 2. The van der Waals surface area contributed by atoms with Crippen molar-refractivity contribution < 1.29 is 14.3 Å². The van der Waals surface area contributed by atoms with Crippen molar-refractivity contribution >= 4 is 17.6 Å². The zero-order valence-corrected chi connectivity index (χ0v) is 12.0. The number of rotatable bonds is 4. The summed E-state index contributed by atoms with van der Waals surface area (Å²) in [6.07, 6.45) is 0.633. The molecule has 5 heteroatoms. The van der Waals surface area contributed by atoms with E-state index in [-0.39, 0.29) is 17.9 Å². The minimum atomic E-state index is -0.613. The molecule has 2 N–H and O–H groups in total. The van der Waals surface area contributed by atoms with E-state index in [2.05, 4.69) is 10.6 Å². The smallest absolute Gasteiger partial charge is 0.328 e. The third-order valence-electron chi connectivity index (χ3n) is 3.51. The van der Waals surface area contributed by atoms with Crippen LogP contribution >= 0.6 is 0 Å². The van der Waals surface area contributed by atoms with E-state index in [1.165, 1.54) is 7.11 Å². The lowest BCUT2D eigenvalue weighted by molar-refractivity contribution is -0.146. The highest BCUT2D eigenvalue weighted by atomic mass is 16.5. The molecule has 0 aromatic heterocycles. The van der Waals surface area contributed by atoms with Crippen molar-refractivity contribution in [2.75, 3.05) is 12.4 Å². The molecule has 0 unspecified atom stereocenters. The van der Waals surface area contributed by atoms with E-state index in [0.29, 0.717) is 6.42 Å². The first-order chi connectivity index (χ1) is 9.52. The molecule has 2 atom stereocenters. The topological polar surface area (TPSA) is 67.4 Å². The standard InChI is InChI=1S/C15H20N2O3/c1-9(2)13(15(19)20-3)17-14(18)12-8-10-6-4-5-7-11(10)16-12/h4-7,9,12-13,16H,8H2,1-3H3,(H,17,18)/t12-,13-/m0/s1. The van der Waals surface area contributed by atoms with Crippen molar-refractivity contribution in [3.05, 3.63) is 29.8 Å². The number of amides is 1. The molecule has 0 aliphatic carbocycles.